The Morgan fingerprint density at radius 1 is 1.15 bits per heavy atom. The molecule has 6 nitrogen and oxygen atoms in total. The number of hydrogen-bond donors (Lipinski definition) is 0. The highest BCUT2D eigenvalue weighted by Crippen LogP contribution is 2.30. The Balaban J connectivity index is 1.32. The predicted molar refractivity (Wildman–Crippen MR) is 126 cm³/mol. The van der Waals surface area contributed by atoms with Crippen LogP contribution in [0.2, 0.25) is 0 Å². The maximum absolute atomic E-state index is 13.4. The second-order valence-electron chi connectivity index (χ2n) is 8.54. The van der Waals surface area contributed by atoms with Crippen LogP contribution in [0.3, 0.4) is 0 Å². The molecule has 2 saturated heterocycles. The van der Waals surface area contributed by atoms with E-state index in [4.69, 9.17) is 4.74 Å². The van der Waals surface area contributed by atoms with Crippen LogP contribution in [0.25, 0.3) is 11.8 Å². The van der Waals surface area contributed by atoms with Gasteiger partial charge < -0.3 is 19.1 Å². The van der Waals surface area contributed by atoms with Crippen molar-refractivity contribution >= 4 is 17.7 Å². The number of amides is 1. The quantitative estimate of drug-likeness (QED) is 0.549. The van der Waals surface area contributed by atoms with Crippen LogP contribution in [-0.4, -0.2) is 53.1 Å². The van der Waals surface area contributed by atoms with Gasteiger partial charge in [-0.1, -0.05) is 6.07 Å². The number of aromatic nitrogens is 2. The number of likely N-dealkylation sites (tertiary alicyclic amines) is 1. The van der Waals surface area contributed by atoms with E-state index in [9.17, 15) is 9.18 Å². The summed E-state index contributed by atoms with van der Waals surface area (Å²) in [5.74, 6) is 0.614. The van der Waals surface area contributed by atoms with Crippen LogP contribution >= 0.6 is 0 Å². The van der Waals surface area contributed by atoms with E-state index >= 15 is 0 Å². The molecule has 2 aliphatic rings. The smallest absolute Gasteiger partial charge is 0.250 e. The van der Waals surface area contributed by atoms with Crippen molar-refractivity contribution in [1.82, 2.24) is 14.5 Å². The maximum Gasteiger partial charge on any atom is 0.250 e. The van der Waals surface area contributed by atoms with E-state index in [0.717, 1.165) is 67.2 Å². The number of imidazole rings is 1. The van der Waals surface area contributed by atoms with Crippen molar-refractivity contribution in [3.63, 3.8) is 0 Å². The number of ether oxygens (including phenoxy) is 1. The number of carbonyl (C=O) groups is 1. The molecule has 0 N–H and O–H groups in total. The molecule has 2 aliphatic heterocycles. The average molecular weight is 447 g/mol. The van der Waals surface area contributed by atoms with Gasteiger partial charge in [0.25, 0.3) is 0 Å². The second-order valence-corrected chi connectivity index (χ2v) is 8.54. The van der Waals surface area contributed by atoms with Gasteiger partial charge in [-0.2, -0.15) is 0 Å². The first kappa shape index (κ1) is 21.2. The number of rotatable bonds is 5. The number of halogens is 1. The Bertz CT molecular complexity index is 1160. The Hall–Kier alpha value is -3.61. The molecule has 1 unspecified atom stereocenters. The summed E-state index contributed by atoms with van der Waals surface area (Å²) >= 11 is 0. The number of benzene rings is 2. The van der Waals surface area contributed by atoms with Gasteiger partial charge in [-0.3, -0.25) is 4.79 Å². The first-order valence-corrected chi connectivity index (χ1v) is 11.3. The van der Waals surface area contributed by atoms with Crippen molar-refractivity contribution in [1.29, 1.82) is 0 Å². The minimum absolute atomic E-state index is 0.116. The highest BCUT2D eigenvalue weighted by Gasteiger charge is 2.34. The monoisotopic (exact) mass is 446 g/mol. The van der Waals surface area contributed by atoms with Gasteiger partial charge in [0, 0.05) is 43.3 Å². The topological polar surface area (TPSA) is 50.6 Å². The van der Waals surface area contributed by atoms with Crippen molar-refractivity contribution in [3.05, 3.63) is 78.1 Å². The van der Waals surface area contributed by atoms with Gasteiger partial charge in [-0.15, -0.1) is 0 Å². The number of anilines is 1. The third kappa shape index (κ3) is 4.35. The molecule has 3 heterocycles. The lowest BCUT2D eigenvalue weighted by Gasteiger charge is -2.34. The Kier molecular flexibility index (Phi) is 5.86. The zero-order valence-electron chi connectivity index (χ0n) is 18.7. The summed E-state index contributed by atoms with van der Waals surface area (Å²) in [4.78, 5) is 21.7. The molecule has 1 aromatic heterocycles. The fraction of sp³-hybridized carbons (Fsp3) is 0.308. The van der Waals surface area contributed by atoms with Gasteiger partial charge in [0.2, 0.25) is 5.91 Å². The van der Waals surface area contributed by atoms with Gasteiger partial charge in [-0.25, -0.2) is 9.37 Å². The molecule has 1 atom stereocenters. The SMILES string of the molecule is COc1cc(/C=C2\CCCN(C3CCN(c4ccc(F)cc4)C3)C2=O)ccc1-n1ccnc1. The summed E-state index contributed by atoms with van der Waals surface area (Å²) in [6.07, 6.45) is 9.96. The summed E-state index contributed by atoms with van der Waals surface area (Å²) in [5, 5.41) is 0. The number of methoxy groups -OCH3 is 1. The van der Waals surface area contributed by atoms with Gasteiger partial charge in [0.05, 0.1) is 25.2 Å². The van der Waals surface area contributed by atoms with E-state index in [1.165, 1.54) is 12.1 Å². The molecule has 2 aromatic carbocycles. The largest absolute Gasteiger partial charge is 0.495 e. The fourth-order valence-electron chi connectivity index (χ4n) is 4.80. The van der Waals surface area contributed by atoms with Gasteiger partial charge in [0.1, 0.15) is 11.6 Å². The molecule has 3 aromatic rings. The predicted octanol–water partition coefficient (Wildman–Crippen LogP) is 4.30. The number of piperidine rings is 1. The molecule has 0 saturated carbocycles. The fourth-order valence-corrected chi connectivity index (χ4v) is 4.80. The minimum Gasteiger partial charge on any atom is -0.495 e. The van der Waals surface area contributed by atoms with Crippen LogP contribution < -0.4 is 9.64 Å². The van der Waals surface area contributed by atoms with E-state index in [1.54, 1.807) is 19.6 Å². The molecule has 0 spiro atoms. The summed E-state index contributed by atoms with van der Waals surface area (Å²) in [5.41, 5.74) is 3.68. The third-order valence-corrected chi connectivity index (χ3v) is 6.50. The third-order valence-electron chi connectivity index (χ3n) is 6.50. The second kappa shape index (κ2) is 9.10. The highest BCUT2D eigenvalue weighted by molar-refractivity contribution is 5.98. The zero-order chi connectivity index (χ0) is 22.8. The number of nitrogens with zero attached hydrogens (tertiary/aromatic N) is 4. The zero-order valence-corrected chi connectivity index (χ0v) is 18.7. The molecular formula is C26H27FN4O2. The summed E-state index contributed by atoms with van der Waals surface area (Å²) in [7, 11) is 1.65. The average Bonchev–Trinajstić information content (AvgIpc) is 3.54. The van der Waals surface area contributed by atoms with Gasteiger partial charge in [-0.05, 0) is 67.3 Å². The molecule has 0 radical (unpaired) electrons. The summed E-state index contributed by atoms with van der Waals surface area (Å²) < 4.78 is 20.8. The van der Waals surface area contributed by atoms with E-state index in [0.29, 0.717) is 0 Å². The van der Waals surface area contributed by atoms with Crippen LogP contribution in [0.5, 0.6) is 5.75 Å². The van der Waals surface area contributed by atoms with Crippen LogP contribution in [0.15, 0.2) is 66.8 Å². The van der Waals surface area contributed by atoms with Crippen molar-refractivity contribution in [2.75, 3.05) is 31.6 Å². The van der Waals surface area contributed by atoms with Gasteiger partial charge in [0.15, 0.2) is 0 Å². The molecular weight excluding hydrogens is 419 g/mol. The lowest BCUT2D eigenvalue weighted by Crippen LogP contribution is -2.45. The van der Waals surface area contributed by atoms with E-state index in [-0.39, 0.29) is 17.8 Å². The summed E-state index contributed by atoms with van der Waals surface area (Å²) in [6.45, 7) is 2.42. The van der Waals surface area contributed by atoms with Crippen molar-refractivity contribution in [2.24, 2.45) is 0 Å². The Morgan fingerprint density at radius 2 is 2.00 bits per heavy atom. The van der Waals surface area contributed by atoms with Crippen LogP contribution in [0.1, 0.15) is 24.8 Å². The molecule has 170 valence electrons. The molecule has 2 fully saturated rings. The Labute approximate surface area is 192 Å². The molecule has 7 heteroatoms. The van der Waals surface area contributed by atoms with Crippen LogP contribution in [0, 0.1) is 5.82 Å². The van der Waals surface area contributed by atoms with Crippen LogP contribution in [-0.2, 0) is 4.79 Å². The van der Waals surface area contributed by atoms with Crippen molar-refractivity contribution < 1.29 is 13.9 Å². The number of hydrogen-bond acceptors (Lipinski definition) is 4. The normalized spacial score (nSPS) is 20.0. The van der Waals surface area contributed by atoms with E-state index in [2.05, 4.69) is 9.88 Å². The minimum atomic E-state index is -0.231. The molecule has 0 aliphatic carbocycles. The van der Waals surface area contributed by atoms with E-state index in [1.807, 2.05) is 52.1 Å². The Morgan fingerprint density at radius 3 is 2.76 bits per heavy atom. The van der Waals surface area contributed by atoms with Crippen molar-refractivity contribution in [3.8, 4) is 11.4 Å². The molecule has 5 rings (SSSR count). The summed E-state index contributed by atoms with van der Waals surface area (Å²) in [6, 6.07) is 12.7. The first-order chi connectivity index (χ1) is 16.1. The molecule has 0 bridgehead atoms. The molecule has 33 heavy (non-hydrogen) atoms. The standard InChI is InChI=1S/C26H27FN4O2/c1-33-25-16-19(4-9-24(25)30-14-11-28-18-30)15-20-3-2-12-31(26(20)32)23-10-13-29(17-23)22-7-5-21(27)6-8-22/h4-9,11,14-16,18,23H,2-3,10,12-13,17H2,1H3/b20-15+. The van der Waals surface area contributed by atoms with E-state index < -0.39 is 0 Å². The first-order valence-electron chi connectivity index (χ1n) is 11.3. The highest BCUT2D eigenvalue weighted by atomic mass is 19.1. The lowest BCUT2D eigenvalue weighted by atomic mass is 9.98. The van der Waals surface area contributed by atoms with Crippen LogP contribution in [0.4, 0.5) is 10.1 Å². The number of carbonyl (C=O) groups excluding carboxylic acids is 1. The maximum atomic E-state index is 13.4. The lowest BCUT2D eigenvalue weighted by molar-refractivity contribution is -0.130. The van der Waals surface area contributed by atoms with Gasteiger partial charge >= 0.3 is 0 Å². The van der Waals surface area contributed by atoms with Crippen molar-refractivity contribution in [2.45, 2.75) is 25.3 Å². The molecule has 1 amide bonds.